The van der Waals surface area contributed by atoms with Crippen LogP contribution in [0.2, 0.25) is 5.02 Å². The second-order valence-electron chi connectivity index (χ2n) is 6.67. The first-order valence-corrected chi connectivity index (χ1v) is 11.0. The Hall–Kier alpha value is -3.49. The highest BCUT2D eigenvalue weighted by Gasteiger charge is 2.21. The number of hydrogen-bond acceptors (Lipinski definition) is 6. The molecular weight excluding hydrogens is 448 g/mol. The van der Waals surface area contributed by atoms with E-state index < -0.39 is 0 Å². The van der Waals surface area contributed by atoms with Crippen molar-refractivity contribution >= 4 is 35.0 Å². The molecule has 0 spiro atoms. The average molecular weight is 467 g/mol. The monoisotopic (exact) mass is 466 g/mol. The van der Waals surface area contributed by atoms with Gasteiger partial charge in [-0.3, -0.25) is 9.36 Å². The Labute approximate surface area is 194 Å². The number of halogens is 1. The molecule has 1 amide bonds. The van der Waals surface area contributed by atoms with E-state index in [-0.39, 0.29) is 17.4 Å². The molecule has 0 saturated carbocycles. The van der Waals surface area contributed by atoms with E-state index in [1.165, 1.54) is 11.8 Å². The molecule has 3 aromatic carbocycles. The van der Waals surface area contributed by atoms with E-state index in [2.05, 4.69) is 15.5 Å². The zero-order chi connectivity index (χ0) is 22.5. The van der Waals surface area contributed by atoms with Crippen molar-refractivity contribution in [1.82, 2.24) is 14.8 Å². The molecule has 0 aliphatic heterocycles. The zero-order valence-corrected chi connectivity index (χ0v) is 18.6. The van der Waals surface area contributed by atoms with Crippen molar-refractivity contribution < 1.29 is 14.6 Å². The summed E-state index contributed by atoms with van der Waals surface area (Å²) in [5.41, 5.74) is 1.86. The first-order chi connectivity index (χ1) is 15.6. The van der Waals surface area contributed by atoms with E-state index in [4.69, 9.17) is 16.3 Å². The number of phenols is 1. The number of carbonyl (C=O) groups is 1. The molecule has 162 valence electrons. The van der Waals surface area contributed by atoms with Crippen molar-refractivity contribution in [3.8, 4) is 28.6 Å². The van der Waals surface area contributed by atoms with E-state index in [1.807, 2.05) is 30.3 Å². The molecule has 0 unspecified atom stereocenters. The summed E-state index contributed by atoms with van der Waals surface area (Å²) in [5, 5.41) is 22.9. The highest BCUT2D eigenvalue weighted by molar-refractivity contribution is 7.99. The number of phenolic OH excluding ortho intramolecular Hbond substituents is 1. The second kappa shape index (κ2) is 9.76. The summed E-state index contributed by atoms with van der Waals surface area (Å²) in [5.74, 6) is 1.03. The summed E-state index contributed by atoms with van der Waals surface area (Å²) < 4.78 is 7.29. The number of amides is 1. The van der Waals surface area contributed by atoms with E-state index in [0.717, 1.165) is 0 Å². The SMILES string of the molecule is COc1ccccc1-n1c(SCC(=O)Nc2ccc(Cl)cc2)nnc1-c1ccccc1O. The number of nitrogens with one attached hydrogen (secondary N) is 1. The minimum absolute atomic E-state index is 0.0769. The zero-order valence-electron chi connectivity index (χ0n) is 17.0. The third-order valence-electron chi connectivity index (χ3n) is 4.56. The first kappa shape index (κ1) is 21.7. The maximum absolute atomic E-state index is 12.5. The van der Waals surface area contributed by atoms with Gasteiger partial charge in [-0.15, -0.1) is 10.2 Å². The van der Waals surface area contributed by atoms with Gasteiger partial charge in [-0.25, -0.2) is 0 Å². The summed E-state index contributed by atoms with van der Waals surface area (Å²) in [4.78, 5) is 12.5. The van der Waals surface area contributed by atoms with Crippen LogP contribution in [-0.2, 0) is 4.79 Å². The van der Waals surface area contributed by atoms with Crippen LogP contribution in [0.1, 0.15) is 0 Å². The maximum atomic E-state index is 12.5. The number of ether oxygens (including phenoxy) is 1. The van der Waals surface area contributed by atoms with Crippen LogP contribution < -0.4 is 10.1 Å². The molecule has 0 radical (unpaired) electrons. The summed E-state index contributed by atoms with van der Waals surface area (Å²) in [6, 6.07) is 21.2. The Bertz CT molecular complexity index is 1240. The molecule has 1 heterocycles. The number of thioether (sulfide) groups is 1. The molecule has 7 nitrogen and oxygen atoms in total. The van der Waals surface area contributed by atoms with E-state index >= 15 is 0 Å². The smallest absolute Gasteiger partial charge is 0.234 e. The van der Waals surface area contributed by atoms with Crippen molar-refractivity contribution in [2.45, 2.75) is 5.16 Å². The molecule has 0 atom stereocenters. The number of rotatable bonds is 7. The number of hydrogen-bond donors (Lipinski definition) is 2. The molecule has 2 N–H and O–H groups in total. The summed E-state index contributed by atoms with van der Waals surface area (Å²) >= 11 is 7.12. The number of benzene rings is 3. The van der Waals surface area contributed by atoms with Crippen LogP contribution in [0, 0.1) is 0 Å². The summed E-state index contributed by atoms with van der Waals surface area (Å²) in [6.45, 7) is 0. The Morgan fingerprint density at radius 2 is 1.78 bits per heavy atom. The van der Waals surface area contributed by atoms with E-state index in [9.17, 15) is 9.90 Å². The fourth-order valence-electron chi connectivity index (χ4n) is 3.09. The molecule has 0 aliphatic carbocycles. The van der Waals surface area contributed by atoms with Gasteiger partial charge in [0.25, 0.3) is 0 Å². The highest BCUT2D eigenvalue weighted by atomic mass is 35.5. The second-order valence-corrected chi connectivity index (χ2v) is 8.05. The standard InChI is InChI=1S/C23H19ClN4O3S/c1-31-20-9-5-3-7-18(20)28-22(17-6-2-4-8-19(17)29)26-27-23(28)32-14-21(30)25-16-12-10-15(24)11-13-16/h2-13,29H,14H2,1H3,(H,25,30). The van der Waals surface area contributed by atoms with Crippen molar-refractivity contribution in [2.24, 2.45) is 0 Å². The number of methoxy groups -OCH3 is 1. The number of carbonyl (C=O) groups excluding carboxylic acids is 1. The Kier molecular flexibility index (Phi) is 6.63. The van der Waals surface area contributed by atoms with Gasteiger partial charge in [-0.05, 0) is 48.5 Å². The topological polar surface area (TPSA) is 89.3 Å². The van der Waals surface area contributed by atoms with Crippen LogP contribution in [0.25, 0.3) is 17.1 Å². The van der Waals surface area contributed by atoms with Gasteiger partial charge in [-0.1, -0.05) is 47.6 Å². The van der Waals surface area contributed by atoms with E-state index in [0.29, 0.717) is 38.7 Å². The van der Waals surface area contributed by atoms with Gasteiger partial charge in [0.15, 0.2) is 11.0 Å². The fourth-order valence-corrected chi connectivity index (χ4v) is 3.96. The number of aromatic nitrogens is 3. The Morgan fingerprint density at radius 1 is 1.06 bits per heavy atom. The van der Waals surface area contributed by atoms with Gasteiger partial charge in [0.05, 0.1) is 24.1 Å². The average Bonchev–Trinajstić information content (AvgIpc) is 3.23. The van der Waals surface area contributed by atoms with Crippen LogP contribution in [-0.4, -0.2) is 38.6 Å². The molecular formula is C23H19ClN4O3S. The van der Waals surface area contributed by atoms with Crippen molar-refractivity contribution in [1.29, 1.82) is 0 Å². The van der Waals surface area contributed by atoms with Crippen LogP contribution in [0.4, 0.5) is 5.69 Å². The lowest BCUT2D eigenvalue weighted by Gasteiger charge is -2.14. The molecule has 0 fully saturated rings. The van der Waals surface area contributed by atoms with Crippen LogP contribution in [0.15, 0.2) is 78.0 Å². The first-order valence-electron chi connectivity index (χ1n) is 9.62. The largest absolute Gasteiger partial charge is 0.507 e. The number of nitrogens with zero attached hydrogens (tertiary/aromatic N) is 3. The Morgan fingerprint density at radius 3 is 2.53 bits per heavy atom. The predicted molar refractivity (Wildman–Crippen MR) is 126 cm³/mol. The number of anilines is 1. The molecule has 0 bridgehead atoms. The minimum Gasteiger partial charge on any atom is -0.507 e. The summed E-state index contributed by atoms with van der Waals surface area (Å²) in [7, 11) is 1.58. The normalized spacial score (nSPS) is 10.7. The molecule has 0 aliphatic rings. The number of para-hydroxylation sites is 3. The molecule has 1 aromatic heterocycles. The molecule has 32 heavy (non-hydrogen) atoms. The maximum Gasteiger partial charge on any atom is 0.234 e. The lowest BCUT2D eigenvalue weighted by molar-refractivity contribution is -0.113. The number of aromatic hydroxyl groups is 1. The molecule has 9 heteroatoms. The fraction of sp³-hybridized carbons (Fsp3) is 0.0870. The van der Waals surface area contributed by atoms with Crippen LogP contribution >= 0.6 is 23.4 Å². The third kappa shape index (κ3) is 4.71. The van der Waals surface area contributed by atoms with Crippen molar-refractivity contribution in [3.05, 3.63) is 77.8 Å². The van der Waals surface area contributed by atoms with Crippen molar-refractivity contribution in [3.63, 3.8) is 0 Å². The highest BCUT2D eigenvalue weighted by Crippen LogP contribution is 2.35. The predicted octanol–water partition coefficient (Wildman–Crippen LogP) is 5.03. The summed E-state index contributed by atoms with van der Waals surface area (Å²) in [6.07, 6.45) is 0. The van der Waals surface area contributed by atoms with Gasteiger partial charge in [0, 0.05) is 10.7 Å². The molecule has 4 rings (SSSR count). The molecule has 4 aromatic rings. The van der Waals surface area contributed by atoms with Crippen LogP contribution in [0.3, 0.4) is 0 Å². The van der Waals surface area contributed by atoms with Crippen molar-refractivity contribution in [2.75, 3.05) is 18.2 Å². The van der Waals surface area contributed by atoms with Gasteiger partial charge in [0.1, 0.15) is 11.5 Å². The van der Waals surface area contributed by atoms with Gasteiger partial charge in [0.2, 0.25) is 5.91 Å². The van der Waals surface area contributed by atoms with E-state index in [1.54, 1.807) is 54.1 Å². The quantitative estimate of drug-likeness (QED) is 0.371. The molecule has 0 saturated heterocycles. The Balaban J connectivity index is 1.65. The van der Waals surface area contributed by atoms with Gasteiger partial charge < -0.3 is 15.2 Å². The van der Waals surface area contributed by atoms with Crippen LogP contribution in [0.5, 0.6) is 11.5 Å². The lowest BCUT2D eigenvalue weighted by atomic mass is 10.2. The third-order valence-corrected chi connectivity index (χ3v) is 5.75. The van der Waals surface area contributed by atoms with Gasteiger partial charge in [-0.2, -0.15) is 0 Å². The minimum atomic E-state index is -0.198. The van der Waals surface area contributed by atoms with Gasteiger partial charge >= 0.3 is 0 Å². The lowest BCUT2D eigenvalue weighted by Crippen LogP contribution is -2.14.